The zero-order chi connectivity index (χ0) is 21.6. The predicted octanol–water partition coefficient (Wildman–Crippen LogP) is 2.94. The van der Waals surface area contributed by atoms with Gasteiger partial charge in [-0.25, -0.2) is 13.4 Å². The van der Waals surface area contributed by atoms with Crippen molar-refractivity contribution >= 4 is 9.84 Å². The Labute approximate surface area is 182 Å². The maximum Gasteiger partial charge on any atom is 0.228 e. The van der Waals surface area contributed by atoms with Crippen molar-refractivity contribution in [3.05, 3.63) is 11.9 Å². The van der Waals surface area contributed by atoms with Crippen LogP contribution in [-0.4, -0.2) is 79.0 Å². The molecule has 1 aromatic rings. The van der Waals surface area contributed by atoms with Crippen LogP contribution in [-0.2, 0) is 27.7 Å². The summed E-state index contributed by atoms with van der Waals surface area (Å²) >= 11 is 0. The van der Waals surface area contributed by atoms with Crippen LogP contribution in [0.1, 0.15) is 64.5 Å². The molecule has 1 saturated carbocycles. The molecule has 8 heteroatoms. The molecule has 1 aromatic heterocycles. The van der Waals surface area contributed by atoms with Gasteiger partial charge in [0.2, 0.25) is 15.0 Å². The molecule has 172 valence electrons. The summed E-state index contributed by atoms with van der Waals surface area (Å²) in [6.45, 7) is 10.4. The smallest absolute Gasteiger partial charge is 0.228 e. The molecule has 1 saturated heterocycles. The van der Waals surface area contributed by atoms with Gasteiger partial charge in [-0.15, -0.1) is 0 Å². The fraction of sp³-hybridized carbons (Fsp3) is 0.864. The van der Waals surface area contributed by atoms with E-state index in [0.29, 0.717) is 19.2 Å². The van der Waals surface area contributed by atoms with Crippen LogP contribution in [0.15, 0.2) is 11.4 Å². The van der Waals surface area contributed by atoms with E-state index in [-0.39, 0.29) is 10.4 Å². The van der Waals surface area contributed by atoms with Crippen LogP contribution in [0.25, 0.3) is 0 Å². The van der Waals surface area contributed by atoms with Gasteiger partial charge < -0.3 is 9.30 Å². The van der Waals surface area contributed by atoms with Gasteiger partial charge in [0.05, 0.1) is 23.7 Å². The Balaban J connectivity index is 1.78. The summed E-state index contributed by atoms with van der Waals surface area (Å²) in [7, 11) is -1.76. The van der Waals surface area contributed by atoms with Crippen molar-refractivity contribution in [1.29, 1.82) is 0 Å². The molecule has 2 heterocycles. The van der Waals surface area contributed by atoms with Gasteiger partial charge in [-0.3, -0.25) is 9.80 Å². The Kier molecular flexibility index (Phi) is 8.74. The van der Waals surface area contributed by atoms with Crippen LogP contribution < -0.4 is 0 Å². The summed E-state index contributed by atoms with van der Waals surface area (Å²) in [5.74, 6) is 0. The van der Waals surface area contributed by atoms with E-state index >= 15 is 0 Å². The van der Waals surface area contributed by atoms with Crippen LogP contribution in [0.4, 0.5) is 0 Å². The van der Waals surface area contributed by atoms with Gasteiger partial charge in [0, 0.05) is 39.3 Å². The standard InChI is InChI=1S/C22H40N4O3S/c1-4-25(5-2)19-12-13-24(17-19)18-20-16-23-22(26(20)14-15-29-3)30(27,28)21-10-8-6-7-9-11-21/h16,19,21H,4-15,17-18H2,1-3H3. The van der Waals surface area contributed by atoms with Crippen molar-refractivity contribution in [2.24, 2.45) is 0 Å². The van der Waals surface area contributed by atoms with E-state index in [1.165, 1.54) is 6.42 Å². The topological polar surface area (TPSA) is 67.7 Å². The Bertz CT molecular complexity index is 752. The van der Waals surface area contributed by atoms with Crippen LogP contribution >= 0.6 is 0 Å². The van der Waals surface area contributed by atoms with Crippen molar-refractivity contribution in [3.8, 4) is 0 Å². The number of likely N-dealkylation sites (N-methyl/N-ethyl adjacent to an activating group) is 1. The maximum atomic E-state index is 13.4. The van der Waals surface area contributed by atoms with Gasteiger partial charge in [0.1, 0.15) is 0 Å². The number of imidazole rings is 1. The van der Waals surface area contributed by atoms with Crippen LogP contribution in [0.5, 0.6) is 0 Å². The SMILES string of the molecule is CCN(CC)C1CCN(Cc2cnc(S(=O)(=O)C3CCCCCC3)n2CCOC)C1. The van der Waals surface area contributed by atoms with Gasteiger partial charge in [0.15, 0.2) is 0 Å². The third-order valence-corrected chi connectivity index (χ3v) is 9.06. The Hall–Kier alpha value is -0.960. The van der Waals surface area contributed by atoms with Crippen molar-refractivity contribution < 1.29 is 13.2 Å². The minimum atomic E-state index is -3.42. The number of likely N-dealkylation sites (tertiary alicyclic amines) is 1. The van der Waals surface area contributed by atoms with Gasteiger partial charge >= 0.3 is 0 Å². The lowest BCUT2D eigenvalue weighted by Gasteiger charge is -2.26. The molecule has 0 aromatic carbocycles. The summed E-state index contributed by atoms with van der Waals surface area (Å²) in [5, 5.41) is -0.0451. The van der Waals surface area contributed by atoms with E-state index in [2.05, 4.69) is 28.6 Å². The highest BCUT2D eigenvalue weighted by atomic mass is 32.2. The van der Waals surface area contributed by atoms with Gasteiger partial charge in [-0.05, 0) is 32.4 Å². The largest absolute Gasteiger partial charge is 0.383 e. The summed E-state index contributed by atoms with van der Waals surface area (Å²) in [5.41, 5.74) is 0.986. The van der Waals surface area contributed by atoms with Crippen molar-refractivity contribution in [2.45, 2.75) is 88.3 Å². The zero-order valence-corrected chi connectivity index (χ0v) is 19.9. The Morgan fingerprint density at radius 2 is 1.83 bits per heavy atom. The molecule has 3 rings (SSSR count). The quantitative estimate of drug-likeness (QED) is 0.521. The van der Waals surface area contributed by atoms with E-state index in [1.807, 2.05) is 4.57 Å². The van der Waals surface area contributed by atoms with Crippen molar-refractivity contribution in [3.63, 3.8) is 0 Å². The average molecular weight is 441 g/mol. The lowest BCUT2D eigenvalue weighted by atomic mass is 10.2. The van der Waals surface area contributed by atoms with E-state index < -0.39 is 9.84 Å². The number of methoxy groups -OCH3 is 1. The van der Waals surface area contributed by atoms with Crippen molar-refractivity contribution in [2.75, 3.05) is 39.9 Å². The molecule has 0 bridgehead atoms. The number of hydrogen-bond acceptors (Lipinski definition) is 6. The summed E-state index contributed by atoms with van der Waals surface area (Å²) in [6, 6.07) is 0.588. The predicted molar refractivity (Wildman–Crippen MR) is 119 cm³/mol. The van der Waals surface area contributed by atoms with Gasteiger partial charge in [-0.2, -0.15) is 0 Å². The molecule has 1 unspecified atom stereocenters. The molecule has 0 spiro atoms. The third kappa shape index (κ3) is 5.44. The molecule has 1 aliphatic heterocycles. The zero-order valence-electron chi connectivity index (χ0n) is 19.1. The fourth-order valence-electron chi connectivity index (χ4n) is 5.09. The summed E-state index contributed by atoms with van der Waals surface area (Å²) < 4.78 is 34.1. The Morgan fingerprint density at radius 1 is 1.13 bits per heavy atom. The van der Waals surface area contributed by atoms with E-state index in [4.69, 9.17) is 4.74 Å². The fourth-order valence-corrected chi connectivity index (χ4v) is 7.06. The number of sulfone groups is 1. The normalized spacial score (nSPS) is 22.1. The monoisotopic (exact) mass is 440 g/mol. The lowest BCUT2D eigenvalue weighted by molar-refractivity contribution is 0.180. The van der Waals surface area contributed by atoms with Gasteiger partial charge in [-0.1, -0.05) is 39.5 Å². The minimum Gasteiger partial charge on any atom is -0.383 e. The second-order valence-corrected chi connectivity index (χ2v) is 10.9. The first-order chi connectivity index (χ1) is 14.5. The number of ether oxygens (including phenoxy) is 1. The number of rotatable bonds is 10. The maximum absolute atomic E-state index is 13.4. The first-order valence-corrected chi connectivity index (χ1v) is 13.3. The lowest BCUT2D eigenvalue weighted by Crippen LogP contribution is -2.37. The first kappa shape index (κ1) is 23.7. The number of nitrogens with zero attached hydrogens (tertiary/aromatic N) is 4. The van der Waals surface area contributed by atoms with Crippen LogP contribution in [0.3, 0.4) is 0 Å². The highest BCUT2D eigenvalue weighted by molar-refractivity contribution is 7.91. The molecular weight excluding hydrogens is 400 g/mol. The van der Waals surface area contributed by atoms with E-state index in [1.54, 1.807) is 13.3 Å². The van der Waals surface area contributed by atoms with Crippen molar-refractivity contribution in [1.82, 2.24) is 19.4 Å². The van der Waals surface area contributed by atoms with Gasteiger partial charge in [0.25, 0.3) is 0 Å². The van der Waals surface area contributed by atoms with Crippen LogP contribution in [0.2, 0.25) is 0 Å². The highest BCUT2D eigenvalue weighted by Crippen LogP contribution is 2.28. The van der Waals surface area contributed by atoms with E-state index in [9.17, 15) is 8.42 Å². The second-order valence-electron chi connectivity index (χ2n) is 8.73. The second kappa shape index (κ2) is 11.1. The summed E-state index contributed by atoms with van der Waals surface area (Å²) in [4.78, 5) is 9.41. The molecule has 2 fully saturated rings. The van der Waals surface area contributed by atoms with Crippen LogP contribution in [0, 0.1) is 0 Å². The number of aromatic nitrogens is 2. The molecule has 0 radical (unpaired) electrons. The molecular formula is C22H40N4O3S. The molecule has 0 N–H and O–H groups in total. The molecule has 2 aliphatic rings. The first-order valence-electron chi connectivity index (χ1n) is 11.7. The Morgan fingerprint density at radius 3 is 2.47 bits per heavy atom. The molecule has 7 nitrogen and oxygen atoms in total. The molecule has 30 heavy (non-hydrogen) atoms. The average Bonchev–Trinajstić information content (AvgIpc) is 3.25. The minimum absolute atomic E-state index is 0.251. The summed E-state index contributed by atoms with van der Waals surface area (Å²) in [6.07, 6.45) is 8.73. The van der Waals surface area contributed by atoms with E-state index in [0.717, 1.165) is 76.9 Å². The molecule has 1 atom stereocenters. The number of hydrogen-bond donors (Lipinski definition) is 0. The highest BCUT2D eigenvalue weighted by Gasteiger charge is 2.33. The molecule has 1 aliphatic carbocycles. The molecule has 0 amide bonds. The third-order valence-electron chi connectivity index (χ3n) is 6.88.